The summed E-state index contributed by atoms with van der Waals surface area (Å²) in [5, 5.41) is 12.1. The number of aromatic nitrogens is 1. The number of nitrogens with zero attached hydrogens (tertiary/aromatic N) is 2. The summed E-state index contributed by atoms with van der Waals surface area (Å²) in [6, 6.07) is 23.8. The van der Waals surface area contributed by atoms with Crippen LogP contribution in [0.2, 0.25) is 0 Å². The number of fused-ring (bicyclic) bond motifs is 3. The van der Waals surface area contributed by atoms with Crippen LogP contribution in [0.5, 0.6) is 0 Å². The molecule has 38 heavy (non-hydrogen) atoms. The summed E-state index contributed by atoms with van der Waals surface area (Å²) in [6.45, 7) is 13.4. The molecule has 2 heterocycles. The minimum atomic E-state index is 0.199. The van der Waals surface area contributed by atoms with Crippen molar-refractivity contribution in [1.82, 2.24) is 0 Å². The first kappa shape index (κ1) is 25.7. The third-order valence-electron chi connectivity index (χ3n) is 7.23. The number of aryl methyl sites for hydroxylation is 2. The van der Waals surface area contributed by atoms with Crippen molar-refractivity contribution in [3.8, 4) is 28.5 Å². The molecule has 0 N–H and O–H groups in total. The van der Waals surface area contributed by atoms with Gasteiger partial charge in [0.1, 0.15) is 18.2 Å². The molecule has 0 radical (unpaired) electrons. The van der Waals surface area contributed by atoms with E-state index in [4.69, 9.17) is 4.42 Å². The molecule has 0 fully saturated rings. The van der Waals surface area contributed by atoms with E-state index in [1.54, 1.807) is 0 Å². The molecule has 0 saturated heterocycles. The van der Waals surface area contributed by atoms with Gasteiger partial charge in [-0.25, -0.2) is 4.57 Å². The Kier molecular flexibility index (Phi) is 6.61. The molecule has 5 aromatic rings. The Hall–Kier alpha value is -3.90. The van der Waals surface area contributed by atoms with Crippen LogP contribution >= 0.6 is 0 Å². The van der Waals surface area contributed by atoms with E-state index in [9.17, 15) is 5.26 Å². The van der Waals surface area contributed by atoms with Crippen LogP contribution in [0.4, 0.5) is 0 Å². The van der Waals surface area contributed by atoms with Crippen LogP contribution in [-0.2, 0) is 19.9 Å². The maximum atomic E-state index is 10.0. The molecule has 2 aromatic heterocycles. The van der Waals surface area contributed by atoms with Gasteiger partial charge in [-0.15, -0.1) is 0 Å². The van der Waals surface area contributed by atoms with Gasteiger partial charge in [-0.2, -0.15) is 5.26 Å². The summed E-state index contributed by atoms with van der Waals surface area (Å²) in [4.78, 5) is 0. The highest BCUT2D eigenvalue weighted by Crippen LogP contribution is 2.42. The third kappa shape index (κ3) is 4.84. The molecule has 0 spiro atoms. The van der Waals surface area contributed by atoms with Crippen LogP contribution < -0.4 is 4.57 Å². The molecule has 5 rings (SSSR count). The third-order valence-corrected chi connectivity index (χ3v) is 7.23. The molecule has 0 atom stereocenters. The van der Waals surface area contributed by atoms with E-state index < -0.39 is 0 Å². The SMILES string of the molecule is Cc1ccc2c(oc3c(-c4ccc(CC(C)C)cc4)c(C#N)ccc32)c1-c1cc(CC(C)(C)C)cc[n+]1C. The van der Waals surface area contributed by atoms with E-state index in [2.05, 4.69) is 114 Å². The second kappa shape index (κ2) is 9.76. The van der Waals surface area contributed by atoms with Crippen molar-refractivity contribution < 1.29 is 8.98 Å². The fourth-order valence-corrected chi connectivity index (χ4v) is 5.56. The van der Waals surface area contributed by atoms with Gasteiger partial charge < -0.3 is 4.42 Å². The Morgan fingerprint density at radius 2 is 1.53 bits per heavy atom. The predicted octanol–water partition coefficient (Wildman–Crippen LogP) is 8.71. The van der Waals surface area contributed by atoms with E-state index in [0.717, 1.165) is 57.2 Å². The average Bonchev–Trinajstić information content (AvgIpc) is 3.22. The monoisotopic (exact) mass is 501 g/mol. The number of hydrogen-bond acceptors (Lipinski definition) is 2. The number of benzene rings is 3. The second-order valence-corrected chi connectivity index (χ2v) is 12.3. The van der Waals surface area contributed by atoms with Gasteiger partial charge in [-0.05, 0) is 65.5 Å². The van der Waals surface area contributed by atoms with Crippen molar-refractivity contribution in [3.63, 3.8) is 0 Å². The first-order valence-electron chi connectivity index (χ1n) is 13.5. The zero-order valence-corrected chi connectivity index (χ0v) is 23.6. The van der Waals surface area contributed by atoms with Crippen molar-refractivity contribution in [2.24, 2.45) is 18.4 Å². The van der Waals surface area contributed by atoms with E-state index in [0.29, 0.717) is 11.5 Å². The quantitative estimate of drug-likeness (QED) is 0.226. The van der Waals surface area contributed by atoms with Crippen LogP contribution in [-0.4, -0.2) is 0 Å². The van der Waals surface area contributed by atoms with E-state index in [-0.39, 0.29) is 5.41 Å². The number of nitriles is 1. The highest BCUT2D eigenvalue weighted by atomic mass is 16.3. The van der Waals surface area contributed by atoms with Crippen molar-refractivity contribution in [2.45, 2.75) is 54.4 Å². The summed E-state index contributed by atoms with van der Waals surface area (Å²) in [5.41, 5.74) is 10.4. The number of furan rings is 1. The Morgan fingerprint density at radius 1 is 0.868 bits per heavy atom. The van der Waals surface area contributed by atoms with Crippen LogP contribution in [0.1, 0.15) is 56.9 Å². The summed E-state index contributed by atoms with van der Waals surface area (Å²) in [5.74, 6) is 0.596. The molecule has 0 aliphatic rings. The highest BCUT2D eigenvalue weighted by Gasteiger charge is 2.24. The minimum Gasteiger partial charge on any atom is -0.454 e. The summed E-state index contributed by atoms with van der Waals surface area (Å²) in [6.07, 6.45) is 4.18. The molecule has 0 saturated carbocycles. The lowest BCUT2D eigenvalue weighted by atomic mass is 9.87. The zero-order valence-electron chi connectivity index (χ0n) is 23.6. The topological polar surface area (TPSA) is 40.8 Å². The van der Waals surface area contributed by atoms with Gasteiger partial charge in [0.25, 0.3) is 0 Å². The Morgan fingerprint density at radius 3 is 2.16 bits per heavy atom. The molecule has 0 bridgehead atoms. The first-order valence-corrected chi connectivity index (χ1v) is 13.5. The van der Waals surface area contributed by atoms with Gasteiger partial charge in [0.15, 0.2) is 6.20 Å². The minimum absolute atomic E-state index is 0.199. The van der Waals surface area contributed by atoms with Crippen molar-refractivity contribution >= 4 is 21.9 Å². The molecular weight excluding hydrogens is 464 g/mol. The maximum absolute atomic E-state index is 10.0. The van der Waals surface area contributed by atoms with Gasteiger partial charge in [0.05, 0.1) is 17.2 Å². The Bertz CT molecular complexity index is 1690. The fourth-order valence-electron chi connectivity index (χ4n) is 5.56. The largest absolute Gasteiger partial charge is 0.454 e. The highest BCUT2D eigenvalue weighted by molar-refractivity contribution is 6.14. The van der Waals surface area contributed by atoms with Crippen molar-refractivity contribution in [1.29, 1.82) is 5.26 Å². The molecule has 0 aliphatic carbocycles. The first-order chi connectivity index (χ1) is 18.1. The fraction of sp³-hybridized carbons (Fsp3) is 0.314. The lowest BCUT2D eigenvalue weighted by Gasteiger charge is -2.18. The second-order valence-electron chi connectivity index (χ2n) is 12.3. The summed E-state index contributed by atoms with van der Waals surface area (Å²) < 4.78 is 8.95. The van der Waals surface area contributed by atoms with Gasteiger partial charge in [0.2, 0.25) is 5.69 Å². The van der Waals surface area contributed by atoms with Gasteiger partial charge in [0, 0.05) is 28.5 Å². The number of pyridine rings is 1. The molecular formula is C35H37N2O+. The Balaban J connectivity index is 1.75. The van der Waals surface area contributed by atoms with Crippen LogP contribution in [0.25, 0.3) is 44.3 Å². The van der Waals surface area contributed by atoms with Crippen LogP contribution in [0.3, 0.4) is 0 Å². The molecule has 3 heteroatoms. The number of rotatable bonds is 5. The Labute approximate surface area is 226 Å². The van der Waals surface area contributed by atoms with Crippen LogP contribution in [0, 0.1) is 29.6 Å². The van der Waals surface area contributed by atoms with E-state index >= 15 is 0 Å². The predicted molar refractivity (Wildman–Crippen MR) is 157 cm³/mol. The molecule has 3 aromatic carbocycles. The summed E-state index contributed by atoms with van der Waals surface area (Å²) in [7, 11) is 2.09. The standard InChI is InChI=1S/C35H37N2O/c1-22(2)18-24-9-11-26(12-10-24)32-27(21-36)13-15-29-28-14-8-23(3)31(33(28)38-34(29)32)30-19-25(16-17-37(30)7)20-35(4,5)6/h8-17,19,22H,18,20H2,1-7H3/q+1. The lowest BCUT2D eigenvalue weighted by Crippen LogP contribution is -2.31. The number of hydrogen-bond donors (Lipinski definition) is 0. The molecule has 3 nitrogen and oxygen atoms in total. The van der Waals surface area contributed by atoms with Gasteiger partial charge >= 0.3 is 0 Å². The molecule has 0 aliphatic heterocycles. The maximum Gasteiger partial charge on any atom is 0.216 e. The van der Waals surface area contributed by atoms with E-state index in [1.807, 2.05) is 12.1 Å². The van der Waals surface area contributed by atoms with E-state index in [1.165, 1.54) is 16.7 Å². The van der Waals surface area contributed by atoms with Crippen molar-refractivity contribution in [2.75, 3.05) is 0 Å². The lowest BCUT2D eigenvalue weighted by molar-refractivity contribution is -0.660. The molecule has 192 valence electrons. The molecule has 0 unspecified atom stereocenters. The average molecular weight is 502 g/mol. The van der Waals surface area contributed by atoms with Gasteiger partial charge in [-0.1, -0.05) is 71.0 Å². The smallest absolute Gasteiger partial charge is 0.216 e. The van der Waals surface area contributed by atoms with Gasteiger partial charge in [-0.3, -0.25) is 0 Å². The van der Waals surface area contributed by atoms with Crippen molar-refractivity contribution in [3.05, 3.63) is 89.1 Å². The van der Waals surface area contributed by atoms with Crippen LogP contribution in [0.15, 0.2) is 71.3 Å². The normalized spacial score (nSPS) is 12.0. The zero-order chi connectivity index (χ0) is 27.2. The summed E-state index contributed by atoms with van der Waals surface area (Å²) >= 11 is 0. The molecule has 0 amide bonds.